The normalized spacial score (nSPS) is 12.3. The number of ether oxygens (including phenoxy) is 1. The van der Waals surface area contributed by atoms with Crippen LogP contribution in [0, 0.1) is 0 Å². The van der Waals surface area contributed by atoms with Crippen LogP contribution in [0.5, 0.6) is 5.75 Å². The lowest BCUT2D eigenvalue weighted by Crippen LogP contribution is -2.29. The zero-order valence-electron chi connectivity index (χ0n) is 16.8. The number of hydrogen-bond acceptors (Lipinski definition) is 5. The molecule has 29 heavy (non-hydrogen) atoms. The number of nitrogens with one attached hydrogen (secondary N) is 2. The van der Waals surface area contributed by atoms with Gasteiger partial charge in [-0.2, -0.15) is 0 Å². The van der Waals surface area contributed by atoms with Gasteiger partial charge in [0.05, 0.1) is 19.6 Å². The minimum Gasteiger partial charge on any atom is -0.495 e. The van der Waals surface area contributed by atoms with Crippen molar-refractivity contribution in [1.82, 2.24) is 9.62 Å². The maximum Gasteiger partial charge on any atom is 0.246 e. The summed E-state index contributed by atoms with van der Waals surface area (Å²) in [5, 5.41) is 5.45. The van der Waals surface area contributed by atoms with Crippen molar-refractivity contribution in [2.75, 3.05) is 26.5 Å². The van der Waals surface area contributed by atoms with E-state index in [-0.39, 0.29) is 28.9 Å². The van der Waals surface area contributed by atoms with Crippen molar-refractivity contribution < 1.29 is 22.7 Å². The zero-order chi connectivity index (χ0) is 21.6. The van der Waals surface area contributed by atoms with Crippen molar-refractivity contribution in [1.29, 1.82) is 0 Å². The van der Waals surface area contributed by atoms with E-state index in [1.807, 2.05) is 30.3 Å². The summed E-state index contributed by atoms with van der Waals surface area (Å²) >= 11 is 0. The zero-order valence-corrected chi connectivity index (χ0v) is 17.6. The number of rotatable bonds is 8. The Morgan fingerprint density at radius 3 is 2.31 bits per heavy atom. The summed E-state index contributed by atoms with van der Waals surface area (Å²) in [7, 11) is 0.444. The quantitative estimate of drug-likeness (QED) is 0.682. The first-order valence-electron chi connectivity index (χ1n) is 8.87. The molecule has 0 aromatic heterocycles. The Morgan fingerprint density at radius 1 is 1.10 bits per heavy atom. The van der Waals surface area contributed by atoms with Gasteiger partial charge in [-0.15, -0.1) is 0 Å². The van der Waals surface area contributed by atoms with Gasteiger partial charge in [-0.05, 0) is 23.8 Å². The molecule has 0 aliphatic heterocycles. The average molecular weight is 420 g/mol. The molecule has 0 aliphatic rings. The smallest absolute Gasteiger partial charge is 0.246 e. The second kappa shape index (κ2) is 9.53. The molecule has 0 fully saturated rings. The van der Waals surface area contributed by atoms with Gasteiger partial charge in [0.2, 0.25) is 21.8 Å². The average Bonchev–Trinajstić information content (AvgIpc) is 2.67. The third kappa shape index (κ3) is 5.78. The number of amides is 2. The molecule has 0 saturated carbocycles. The van der Waals surface area contributed by atoms with Crippen LogP contribution in [0.2, 0.25) is 0 Å². The SMILES string of the molecule is COc1ccc(NC(=O)C[C@H](NC(C)=O)c2ccccc2)cc1S(=O)(=O)N(C)C. The lowest BCUT2D eigenvalue weighted by molar-refractivity contribution is -0.120. The van der Waals surface area contributed by atoms with Gasteiger partial charge in [-0.1, -0.05) is 30.3 Å². The monoisotopic (exact) mass is 419 g/mol. The highest BCUT2D eigenvalue weighted by Crippen LogP contribution is 2.29. The Hall–Kier alpha value is -2.91. The molecule has 1 atom stereocenters. The third-order valence-corrected chi connectivity index (χ3v) is 6.01. The van der Waals surface area contributed by atoms with Crippen molar-refractivity contribution in [3.63, 3.8) is 0 Å². The summed E-state index contributed by atoms with van der Waals surface area (Å²) < 4.78 is 31.2. The number of carbonyl (C=O) groups is 2. The topological polar surface area (TPSA) is 105 Å². The van der Waals surface area contributed by atoms with Crippen LogP contribution in [0.4, 0.5) is 5.69 Å². The number of nitrogens with zero attached hydrogens (tertiary/aromatic N) is 1. The van der Waals surface area contributed by atoms with Crippen molar-refractivity contribution >= 4 is 27.5 Å². The second-order valence-corrected chi connectivity index (χ2v) is 8.69. The minimum absolute atomic E-state index is 0.00855. The summed E-state index contributed by atoms with van der Waals surface area (Å²) in [6.45, 7) is 1.38. The molecule has 0 saturated heterocycles. The van der Waals surface area contributed by atoms with Crippen LogP contribution in [-0.2, 0) is 19.6 Å². The van der Waals surface area contributed by atoms with Crippen LogP contribution in [-0.4, -0.2) is 45.7 Å². The van der Waals surface area contributed by atoms with E-state index in [2.05, 4.69) is 10.6 Å². The molecule has 0 heterocycles. The summed E-state index contributed by atoms with van der Waals surface area (Å²) in [5.41, 5.74) is 1.11. The van der Waals surface area contributed by atoms with Gasteiger partial charge in [-0.25, -0.2) is 12.7 Å². The summed E-state index contributed by atoms with van der Waals surface area (Å²) in [4.78, 5) is 24.1. The van der Waals surface area contributed by atoms with Crippen LogP contribution in [0.3, 0.4) is 0 Å². The van der Waals surface area contributed by atoms with E-state index in [1.165, 1.54) is 40.3 Å². The number of methoxy groups -OCH3 is 1. The maximum atomic E-state index is 12.6. The lowest BCUT2D eigenvalue weighted by Gasteiger charge is -2.19. The molecule has 0 radical (unpaired) electrons. The Kier molecular flexibility index (Phi) is 7.35. The molecule has 0 spiro atoms. The minimum atomic E-state index is -3.76. The highest BCUT2D eigenvalue weighted by molar-refractivity contribution is 7.89. The molecule has 2 amide bonds. The van der Waals surface area contributed by atoms with Gasteiger partial charge in [0.15, 0.2) is 0 Å². The van der Waals surface area contributed by atoms with Gasteiger partial charge in [0.25, 0.3) is 0 Å². The lowest BCUT2D eigenvalue weighted by atomic mass is 10.0. The molecule has 9 heteroatoms. The molecule has 2 rings (SSSR count). The summed E-state index contributed by atoms with van der Waals surface area (Å²) in [6, 6.07) is 13.0. The molecule has 2 aromatic carbocycles. The van der Waals surface area contributed by atoms with E-state index in [1.54, 1.807) is 6.07 Å². The van der Waals surface area contributed by atoms with E-state index in [4.69, 9.17) is 4.74 Å². The van der Waals surface area contributed by atoms with Gasteiger partial charge in [0.1, 0.15) is 10.6 Å². The standard InChI is InChI=1S/C20H25N3O5S/c1-14(24)21-17(15-8-6-5-7-9-15)13-20(25)22-16-10-11-18(28-4)19(12-16)29(26,27)23(2)3/h5-12,17H,13H2,1-4H3,(H,21,24)(H,22,25)/t17-/m0/s1. The van der Waals surface area contributed by atoms with Gasteiger partial charge in [0, 0.05) is 26.7 Å². The summed E-state index contributed by atoms with van der Waals surface area (Å²) in [5.74, 6) is -0.446. The van der Waals surface area contributed by atoms with E-state index in [9.17, 15) is 18.0 Å². The van der Waals surface area contributed by atoms with E-state index in [0.29, 0.717) is 5.69 Å². The van der Waals surface area contributed by atoms with Crippen LogP contribution >= 0.6 is 0 Å². The van der Waals surface area contributed by atoms with Crippen LogP contribution in [0.15, 0.2) is 53.4 Å². The van der Waals surface area contributed by atoms with Crippen LogP contribution in [0.1, 0.15) is 24.9 Å². The fraction of sp³-hybridized carbons (Fsp3) is 0.300. The molecule has 0 bridgehead atoms. The number of hydrogen-bond donors (Lipinski definition) is 2. The van der Waals surface area contributed by atoms with Crippen molar-refractivity contribution in [3.8, 4) is 5.75 Å². The first-order chi connectivity index (χ1) is 13.6. The highest BCUT2D eigenvalue weighted by Gasteiger charge is 2.23. The molecular weight excluding hydrogens is 394 g/mol. The first-order valence-corrected chi connectivity index (χ1v) is 10.3. The van der Waals surface area contributed by atoms with Crippen molar-refractivity contribution in [2.24, 2.45) is 0 Å². The van der Waals surface area contributed by atoms with Gasteiger partial charge >= 0.3 is 0 Å². The predicted octanol–water partition coefficient (Wildman–Crippen LogP) is 2.15. The molecule has 2 N–H and O–H groups in total. The Balaban J connectivity index is 2.24. The first kappa shape index (κ1) is 22.4. The molecule has 0 unspecified atom stereocenters. The van der Waals surface area contributed by atoms with E-state index < -0.39 is 16.1 Å². The van der Waals surface area contributed by atoms with Crippen LogP contribution in [0.25, 0.3) is 0 Å². The van der Waals surface area contributed by atoms with Gasteiger partial charge < -0.3 is 15.4 Å². The largest absolute Gasteiger partial charge is 0.495 e. The number of carbonyl (C=O) groups excluding carboxylic acids is 2. The highest BCUT2D eigenvalue weighted by atomic mass is 32.2. The Labute approximate surface area is 170 Å². The number of sulfonamides is 1. The molecule has 2 aromatic rings. The number of anilines is 1. The molecular formula is C20H25N3O5S. The van der Waals surface area contributed by atoms with E-state index in [0.717, 1.165) is 9.87 Å². The second-order valence-electron chi connectivity index (χ2n) is 6.57. The fourth-order valence-corrected chi connectivity index (χ4v) is 3.81. The summed E-state index contributed by atoms with van der Waals surface area (Å²) in [6.07, 6.45) is -0.00855. The third-order valence-electron chi connectivity index (χ3n) is 4.17. The van der Waals surface area contributed by atoms with E-state index >= 15 is 0 Å². The predicted molar refractivity (Wildman–Crippen MR) is 110 cm³/mol. The number of benzene rings is 2. The fourth-order valence-electron chi connectivity index (χ4n) is 2.73. The molecule has 8 nitrogen and oxygen atoms in total. The van der Waals surface area contributed by atoms with Gasteiger partial charge in [-0.3, -0.25) is 9.59 Å². The van der Waals surface area contributed by atoms with Crippen molar-refractivity contribution in [3.05, 3.63) is 54.1 Å². The van der Waals surface area contributed by atoms with Crippen LogP contribution < -0.4 is 15.4 Å². The Bertz CT molecular complexity index is 975. The Morgan fingerprint density at radius 2 is 1.76 bits per heavy atom. The molecule has 156 valence electrons. The van der Waals surface area contributed by atoms with Crippen molar-refractivity contribution in [2.45, 2.75) is 24.3 Å². The molecule has 0 aliphatic carbocycles. The maximum absolute atomic E-state index is 12.6.